The molecule has 0 aliphatic rings. The summed E-state index contributed by atoms with van der Waals surface area (Å²) in [5.41, 5.74) is 0.474. The van der Waals surface area contributed by atoms with E-state index in [2.05, 4.69) is 13.8 Å². The molecule has 0 fully saturated rings. The number of carbonyl (C=O) groups excluding carboxylic acids is 1. The van der Waals surface area contributed by atoms with Crippen molar-refractivity contribution in [1.29, 1.82) is 0 Å². The number of phenols is 1. The summed E-state index contributed by atoms with van der Waals surface area (Å²) in [7, 11) is 0. The largest absolute Gasteiger partial charge is 0.507 e. The first-order valence-electron chi connectivity index (χ1n) is 16.2. The van der Waals surface area contributed by atoms with Gasteiger partial charge in [0.25, 0.3) is 5.91 Å². The minimum atomic E-state index is -0.00820. The lowest BCUT2D eigenvalue weighted by Crippen LogP contribution is -2.33. The molecule has 0 aliphatic heterocycles. The summed E-state index contributed by atoms with van der Waals surface area (Å²) < 4.78 is 0. The highest BCUT2D eigenvalue weighted by atomic mass is 16.3. The number of unbranched alkanes of at least 4 members (excludes halogenated alkanes) is 18. The van der Waals surface area contributed by atoms with Gasteiger partial charge in [-0.05, 0) is 29.7 Å². The highest BCUT2D eigenvalue weighted by Gasteiger charge is 2.21. The normalized spacial score (nSPS) is 11.3. The van der Waals surface area contributed by atoms with Crippen LogP contribution in [0.25, 0.3) is 10.8 Å². The summed E-state index contributed by atoms with van der Waals surface area (Å²) in [5, 5.41) is 12.5. The SMILES string of the molecule is CCCCCCCCCCCCN(CCCCCCCCCCCC)C(=O)c1c(O)ccc2ccccc12. The summed E-state index contributed by atoms with van der Waals surface area (Å²) in [6.45, 7) is 6.11. The molecule has 38 heavy (non-hydrogen) atoms. The monoisotopic (exact) mass is 523 g/mol. The van der Waals surface area contributed by atoms with Crippen LogP contribution in [0.2, 0.25) is 0 Å². The van der Waals surface area contributed by atoms with Gasteiger partial charge in [-0.25, -0.2) is 0 Å². The molecule has 0 unspecified atom stereocenters. The lowest BCUT2D eigenvalue weighted by Gasteiger charge is -2.24. The van der Waals surface area contributed by atoms with E-state index in [-0.39, 0.29) is 11.7 Å². The molecule has 214 valence electrons. The van der Waals surface area contributed by atoms with Crippen LogP contribution in [0.15, 0.2) is 36.4 Å². The van der Waals surface area contributed by atoms with Gasteiger partial charge in [-0.15, -0.1) is 0 Å². The van der Waals surface area contributed by atoms with Crippen molar-refractivity contribution >= 4 is 16.7 Å². The maximum Gasteiger partial charge on any atom is 0.258 e. The second-order valence-electron chi connectivity index (χ2n) is 11.3. The van der Waals surface area contributed by atoms with Gasteiger partial charge in [-0.1, -0.05) is 160 Å². The smallest absolute Gasteiger partial charge is 0.258 e. The highest BCUT2D eigenvalue weighted by Crippen LogP contribution is 2.29. The molecule has 2 aromatic carbocycles. The Morgan fingerprint density at radius 3 is 1.47 bits per heavy atom. The molecule has 0 atom stereocenters. The Bertz CT molecular complexity index is 853. The van der Waals surface area contributed by atoms with Crippen LogP contribution in [0.4, 0.5) is 0 Å². The van der Waals surface area contributed by atoms with Gasteiger partial charge >= 0.3 is 0 Å². The van der Waals surface area contributed by atoms with Crippen molar-refractivity contribution in [2.45, 2.75) is 142 Å². The van der Waals surface area contributed by atoms with Crippen LogP contribution in [0.3, 0.4) is 0 Å². The van der Waals surface area contributed by atoms with Gasteiger partial charge in [-0.3, -0.25) is 4.79 Å². The van der Waals surface area contributed by atoms with Crippen LogP contribution in [0.1, 0.15) is 153 Å². The molecule has 0 spiro atoms. The van der Waals surface area contributed by atoms with Gasteiger partial charge in [0.05, 0.1) is 5.56 Å². The molecule has 0 aromatic heterocycles. The molecule has 0 saturated carbocycles. The first-order valence-corrected chi connectivity index (χ1v) is 16.2. The summed E-state index contributed by atoms with van der Waals surface area (Å²) in [6.07, 6.45) is 25.9. The quantitative estimate of drug-likeness (QED) is 0.147. The third-order valence-electron chi connectivity index (χ3n) is 7.97. The van der Waals surface area contributed by atoms with Gasteiger partial charge in [0.2, 0.25) is 0 Å². The molecule has 0 heterocycles. The van der Waals surface area contributed by atoms with E-state index < -0.39 is 0 Å². The minimum absolute atomic E-state index is 0.00820. The van der Waals surface area contributed by atoms with E-state index in [0.29, 0.717) is 5.56 Å². The Morgan fingerprint density at radius 2 is 1.00 bits per heavy atom. The number of fused-ring (bicyclic) bond motifs is 1. The minimum Gasteiger partial charge on any atom is -0.507 e. The number of benzene rings is 2. The Labute approximate surface area is 234 Å². The first-order chi connectivity index (χ1) is 18.7. The lowest BCUT2D eigenvalue weighted by molar-refractivity contribution is 0.0748. The topological polar surface area (TPSA) is 40.5 Å². The second-order valence-corrected chi connectivity index (χ2v) is 11.3. The van der Waals surface area contributed by atoms with E-state index in [0.717, 1.165) is 36.7 Å². The fraction of sp³-hybridized carbons (Fsp3) is 0.686. The standard InChI is InChI=1S/C35H57NO2/c1-3-5-7-9-11-13-15-17-19-23-29-36(30-24-20-18-16-14-12-10-8-6-4-2)35(38)34-32-26-22-21-25-31(32)27-28-33(34)37/h21-22,25-28,37H,3-20,23-24,29-30H2,1-2H3. The molecule has 3 nitrogen and oxygen atoms in total. The van der Waals surface area contributed by atoms with Crippen molar-refractivity contribution < 1.29 is 9.90 Å². The predicted molar refractivity (Wildman–Crippen MR) is 165 cm³/mol. The van der Waals surface area contributed by atoms with Crippen LogP contribution in [-0.4, -0.2) is 29.0 Å². The number of amides is 1. The van der Waals surface area contributed by atoms with Crippen LogP contribution >= 0.6 is 0 Å². The number of nitrogens with zero attached hydrogens (tertiary/aromatic N) is 1. The zero-order valence-electron chi connectivity index (χ0n) is 24.8. The van der Waals surface area contributed by atoms with Crippen molar-refractivity contribution in [3.8, 4) is 5.75 Å². The van der Waals surface area contributed by atoms with Crippen LogP contribution in [0, 0.1) is 0 Å². The van der Waals surface area contributed by atoms with Crippen molar-refractivity contribution in [2.75, 3.05) is 13.1 Å². The molecular formula is C35H57NO2. The number of aromatic hydroxyl groups is 1. The third-order valence-corrected chi connectivity index (χ3v) is 7.97. The zero-order valence-corrected chi connectivity index (χ0v) is 24.8. The molecule has 3 heteroatoms. The van der Waals surface area contributed by atoms with Crippen LogP contribution < -0.4 is 0 Å². The summed E-state index contributed by atoms with van der Waals surface area (Å²) in [5.74, 6) is 0.0935. The molecule has 1 N–H and O–H groups in total. The van der Waals surface area contributed by atoms with E-state index in [1.807, 2.05) is 35.2 Å². The fourth-order valence-electron chi connectivity index (χ4n) is 5.54. The number of carbonyl (C=O) groups is 1. The van der Waals surface area contributed by atoms with E-state index in [4.69, 9.17) is 0 Å². The van der Waals surface area contributed by atoms with Gasteiger partial charge < -0.3 is 10.0 Å². The maximum absolute atomic E-state index is 13.7. The van der Waals surface area contributed by atoms with Crippen molar-refractivity contribution in [2.24, 2.45) is 0 Å². The van der Waals surface area contributed by atoms with Crippen molar-refractivity contribution in [3.63, 3.8) is 0 Å². The Balaban J connectivity index is 1.82. The highest BCUT2D eigenvalue weighted by molar-refractivity contribution is 6.09. The molecule has 0 radical (unpaired) electrons. The average molecular weight is 524 g/mol. The van der Waals surface area contributed by atoms with Gasteiger partial charge in [0, 0.05) is 13.1 Å². The van der Waals surface area contributed by atoms with Crippen LogP contribution in [0.5, 0.6) is 5.75 Å². The van der Waals surface area contributed by atoms with Crippen molar-refractivity contribution in [1.82, 2.24) is 4.90 Å². The van der Waals surface area contributed by atoms with Gasteiger partial charge in [-0.2, -0.15) is 0 Å². The molecule has 2 aromatic rings. The Morgan fingerprint density at radius 1 is 0.579 bits per heavy atom. The lowest BCUT2D eigenvalue weighted by atomic mass is 10.0. The molecule has 0 saturated heterocycles. The fourth-order valence-corrected chi connectivity index (χ4v) is 5.54. The molecule has 1 amide bonds. The van der Waals surface area contributed by atoms with Gasteiger partial charge in [0.1, 0.15) is 5.75 Å². The second kappa shape index (κ2) is 20.9. The summed E-state index contributed by atoms with van der Waals surface area (Å²) in [4.78, 5) is 15.8. The number of phenolic OH excluding ortho intramolecular Hbond substituents is 1. The molecule has 0 bridgehead atoms. The van der Waals surface area contributed by atoms with E-state index in [1.54, 1.807) is 6.07 Å². The maximum atomic E-state index is 13.7. The number of hydrogen-bond acceptors (Lipinski definition) is 2. The summed E-state index contributed by atoms with van der Waals surface area (Å²) in [6, 6.07) is 11.5. The van der Waals surface area contributed by atoms with Gasteiger partial charge in [0.15, 0.2) is 0 Å². The Hall–Kier alpha value is -2.03. The molecule has 0 aliphatic carbocycles. The van der Waals surface area contributed by atoms with E-state index in [9.17, 15) is 9.90 Å². The van der Waals surface area contributed by atoms with E-state index >= 15 is 0 Å². The van der Waals surface area contributed by atoms with Crippen LogP contribution in [-0.2, 0) is 0 Å². The summed E-state index contributed by atoms with van der Waals surface area (Å²) >= 11 is 0. The number of hydrogen-bond donors (Lipinski definition) is 1. The molecule has 2 rings (SSSR count). The molecular weight excluding hydrogens is 466 g/mol. The van der Waals surface area contributed by atoms with E-state index in [1.165, 1.54) is 116 Å². The first kappa shape index (κ1) is 32.2. The predicted octanol–water partition coefficient (Wildman–Crippen LogP) is 10.8. The number of rotatable bonds is 23. The Kier molecular flexibility index (Phi) is 17.7. The zero-order chi connectivity index (χ0) is 27.3. The average Bonchev–Trinajstić information content (AvgIpc) is 2.93. The van der Waals surface area contributed by atoms with Crippen molar-refractivity contribution in [3.05, 3.63) is 42.0 Å². The third kappa shape index (κ3) is 12.7.